The minimum Gasteiger partial charge on any atom is -0.494 e. The van der Waals surface area contributed by atoms with Gasteiger partial charge in [-0.2, -0.15) is 0 Å². The van der Waals surface area contributed by atoms with Gasteiger partial charge in [0.15, 0.2) is 11.6 Å². The summed E-state index contributed by atoms with van der Waals surface area (Å²) in [6.07, 6.45) is 1.54. The van der Waals surface area contributed by atoms with E-state index in [1.807, 2.05) is 0 Å². The summed E-state index contributed by atoms with van der Waals surface area (Å²) in [5, 5.41) is 0. The molecule has 0 saturated heterocycles. The molecule has 0 aliphatic carbocycles. The highest BCUT2D eigenvalue weighted by molar-refractivity contribution is 5.62. The first kappa shape index (κ1) is 10.6. The van der Waals surface area contributed by atoms with E-state index in [1.54, 1.807) is 18.5 Å². The zero-order valence-electron chi connectivity index (χ0n) is 8.83. The number of ether oxygens (including phenoxy) is 1. The van der Waals surface area contributed by atoms with E-state index >= 15 is 0 Å². The number of rotatable bonds is 3. The maximum absolute atomic E-state index is 13.5. The second kappa shape index (κ2) is 4.32. The van der Waals surface area contributed by atoms with Gasteiger partial charge in [0.25, 0.3) is 0 Å². The third-order valence-electron chi connectivity index (χ3n) is 2.35. The standard InChI is InChI=1S/C11H12FN3O/c1-16-10-3-2-7(4-8(10)12)11-9(5-13)14-6-15-11/h2-4,6H,5,13H2,1H3,(H,14,15). The molecule has 2 aromatic rings. The summed E-state index contributed by atoms with van der Waals surface area (Å²) in [5.74, 6) is -0.195. The maximum atomic E-state index is 13.5. The predicted molar refractivity (Wildman–Crippen MR) is 58.4 cm³/mol. The van der Waals surface area contributed by atoms with Crippen LogP contribution in [0.3, 0.4) is 0 Å². The van der Waals surface area contributed by atoms with Crippen LogP contribution >= 0.6 is 0 Å². The van der Waals surface area contributed by atoms with Crippen molar-refractivity contribution in [2.75, 3.05) is 7.11 Å². The van der Waals surface area contributed by atoms with Gasteiger partial charge in [-0.25, -0.2) is 9.37 Å². The van der Waals surface area contributed by atoms with Crippen molar-refractivity contribution in [2.45, 2.75) is 6.54 Å². The first-order chi connectivity index (χ1) is 7.76. The van der Waals surface area contributed by atoms with Gasteiger partial charge in [0, 0.05) is 12.1 Å². The molecule has 0 amide bonds. The molecule has 0 aliphatic heterocycles. The van der Waals surface area contributed by atoms with E-state index in [4.69, 9.17) is 10.5 Å². The SMILES string of the molecule is COc1ccc(-c2nc[nH]c2CN)cc1F. The van der Waals surface area contributed by atoms with Gasteiger partial charge in [-0.1, -0.05) is 0 Å². The first-order valence-electron chi connectivity index (χ1n) is 4.82. The largest absolute Gasteiger partial charge is 0.494 e. The Balaban J connectivity index is 2.45. The number of hydrogen-bond donors (Lipinski definition) is 2. The van der Waals surface area contributed by atoms with Crippen LogP contribution in [0.1, 0.15) is 5.69 Å². The van der Waals surface area contributed by atoms with Crippen molar-refractivity contribution in [1.82, 2.24) is 9.97 Å². The summed E-state index contributed by atoms with van der Waals surface area (Å²) in [6.45, 7) is 0.336. The Morgan fingerprint density at radius 1 is 1.50 bits per heavy atom. The number of aromatic nitrogens is 2. The molecule has 16 heavy (non-hydrogen) atoms. The van der Waals surface area contributed by atoms with Crippen molar-refractivity contribution in [2.24, 2.45) is 5.73 Å². The lowest BCUT2D eigenvalue weighted by Gasteiger charge is -2.04. The molecular weight excluding hydrogens is 209 g/mol. The number of hydrogen-bond acceptors (Lipinski definition) is 3. The number of nitrogens with two attached hydrogens (primary N) is 1. The molecule has 2 rings (SSSR count). The maximum Gasteiger partial charge on any atom is 0.165 e. The van der Waals surface area contributed by atoms with E-state index < -0.39 is 5.82 Å². The average Bonchev–Trinajstić information content (AvgIpc) is 2.77. The van der Waals surface area contributed by atoms with Crippen molar-refractivity contribution in [3.05, 3.63) is 36.0 Å². The summed E-state index contributed by atoms with van der Waals surface area (Å²) >= 11 is 0. The topological polar surface area (TPSA) is 63.9 Å². The lowest BCUT2D eigenvalue weighted by molar-refractivity contribution is 0.386. The molecule has 0 atom stereocenters. The summed E-state index contributed by atoms with van der Waals surface area (Å²) in [7, 11) is 1.43. The van der Waals surface area contributed by atoms with E-state index in [9.17, 15) is 4.39 Å². The average molecular weight is 221 g/mol. The van der Waals surface area contributed by atoms with Crippen molar-refractivity contribution < 1.29 is 9.13 Å². The van der Waals surface area contributed by atoms with Crippen LogP contribution in [0.5, 0.6) is 5.75 Å². The lowest BCUT2D eigenvalue weighted by Crippen LogP contribution is -1.99. The summed E-state index contributed by atoms with van der Waals surface area (Å²) < 4.78 is 18.3. The summed E-state index contributed by atoms with van der Waals surface area (Å²) in [5.41, 5.74) is 7.67. The van der Waals surface area contributed by atoms with E-state index in [0.717, 1.165) is 5.69 Å². The lowest BCUT2D eigenvalue weighted by atomic mass is 10.1. The van der Waals surface area contributed by atoms with Crippen LogP contribution in [0.25, 0.3) is 11.3 Å². The Hall–Kier alpha value is -1.88. The number of nitrogens with one attached hydrogen (secondary N) is 1. The number of nitrogens with zero attached hydrogens (tertiary/aromatic N) is 1. The van der Waals surface area contributed by atoms with Gasteiger partial charge in [-0.05, 0) is 18.2 Å². The normalized spacial score (nSPS) is 10.4. The second-order valence-electron chi connectivity index (χ2n) is 3.28. The van der Waals surface area contributed by atoms with Gasteiger partial charge < -0.3 is 15.5 Å². The molecular formula is C11H12FN3O. The Morgan fingerprint density at radius 2 is 2.31 bits per heavy atom. The van der Waals surface area contributed by atoms with Crippen molar-refractivity contribution in [1.29, 1.82) is 0 Å². The van der Waals surface area contributed by atoms with Crippen molar-refractivity contribution in [3.8, 4) is 17.0 Å². The molecule has 1 aromatic carbocycles. The van der Waals surface area contributed by atoms with Crippen LogP contribution in [0.4, 0.5) is 4.39 Å². The predicted octanol–water partition coefficient (Wildman–Crippen LogP) is 1.68. The molecule has 84 valence electrons. The highest BCUT2D eigenvalue weighted by atomic mass is 19.1. The highest BCUT2D eigenvalue weighted by Gasteiger charge is 2.10. The number of aromatic amines is 1. The van der Waals surface area contributed by atoms with E-state index in [2.05, 4.69) is 9.97 Å². The second-order valence-corrected chi connectivity index (χ2v) is 3.28. The van der Waals surface area contributed by atoms with Crippen LogP contribution in [-0.2, 0) is 6.54 Å². The van der Waals surface area contributed by atoms with Crippen molar-refractivity contribution in [3.63, 3.8) is 0 Å². The Bertz CT molecular complexity index is 496. The van der Waals surface area contributed by atoms with Crippen LogP contribution in [0.15, 0.2) is 24.5 Å². The summed E-state index contributed by atoms with van der Waals surface area (Å²) in [6, 6.07) is 4.70. The molecule has 1 aromatic heterocycles. The van der Waals surface area contributed by atoms with Gasteiger partial charge in [-0.3, -0.25) is 0 Å². The Labute approximate surface area is 92.3 Å². The third kappa shape index (κ3) is 1.77. The van der Waals surface area contributed by atoms with Gasteiger partial charge in [0.05, 0.1) is 24.8 Å². The molecule has 0 aliphatic rings. The van der Waals surface area contributed by atoms with Crippen LogP contribution in [-0.4, -0.2) is 17.1 Å². The van der Waals surface area contributed by atoms with Crippen LogP contribution in [0, 0.1) is 5.82 Å². The molecule has 0 radical (unpaired) electrons. The van der Waals surface area contributed by atoms with Gasteiger partial charge in [0.2, 0.25) is 0 Å². The zero-order chi connectivity index (χ0) is 11.5. The zero-order valence-corrected chi connectivity index (χ0v) is 8.83. The number of benzene rings is 1. The molecule has 0 unspecified atom stereocenters. The fraction of sp³-hybridized carbons (Fsp3) is 0.182. The first-order valence-corrected chi connectivity index (χ1v) is 4.82. The van der Waals surface area contributed by atoms with E-state index in [1.165, 1.54) is 13.2 Å². The van der Waals surface area contributed by atoms with Gasteiger partial charge >= 0.3 is 0 Å². The minimum absolute atomic E-state index is 0.216. The molecule has 5 heteroatoms. The summed E-state index contributed by atoms with van der Waals surface area (Å²) in [4.78, 5) is 7.02. The third-order valence-corrected chi connectivity index (χ3v) is 2.35. The fourth-order valence-electron chi connectivity index (χ4n) is 1.54. The molecule has 0 fully saturated rings. The number of H-pyrrole nitrogens is 1. The molecule has 0 bridgehead atoms. The van der Waals surface area contributed by atoms with E-state index in [-0.39, 0.29) is 5.75 Å². The smallest absolute Gasteiger partial charge is 0.165 e. The number of halogens is 1. The molecule has 0 saturated carbocycles. The highest BCUT2D eigenvalue weighted by Crippen LogP contribution is 2.25. The molecule has 4 nitrogen and oxygen atoms in total. The number of methoxy groups -OCH3 is 1. The van der Waals surface area contributed by atoms with Gasteiger partial charge in [0.1, 0.15) is 0 Å². The van der Waals surface area contributed by atoms with Crippen molar-refractivity contribution >= 4 is 0 Å². The van der Waals surface area contributed by atoms with Crippen LogP contribution < -0.4 is 10.5 Å². The molecule has 3 N–H and O–H groups in total. The Kier molecular flexibility index (Phi) is 2.87. The molecule has 0 spiro atoms. The monoisotopic (exact) mass is 221 g/mol. The van der Waals surface area contributed by atoms with Gasteiger partial charge in [-0.15, -0.1) is 0 Å². The van der Waals surface area contributed by atoms with E-state index in [0.29, 0.717) is 17.8 Å². The quantitative estimate of drug-likeness (QED) is 0.828. The minimum atomic E-state index is -0.411. The fourth-order valence-corrected chi connectivity index (χ4v) is 1.54. The van der Waals surface area contributed by atoms with Crippen LogP contribution in [0.2, 0.25) is 0 Å². The Morgan fingerprint density at radius 3 is 2.94 bits per heavy atom. The number of imidazole rings is 1. The molecule has 1 heterocycles.